The summed E-state index contributed by atoms with van der Waals surface area (Å²) in [6, 6.07) is 0. The molecule has 0 saturated heterocycles. The van der Waals surface area contributed by atoms with Crippen molar-refractivity contribution in [3.05, 3.63) is 11.6 Å². The number of hydrogen-bond acceptors (Lipinski definition) is 3. The van der Waals surface area contributed by atoms with E-state index in [1.54, 1.807) is 7.11 Å². The van der Waals surface area contributed by atoms with Crippen LogP contribution in [0.1, 0.15) is 32.6 Å². The van der Waals surface area contributed by atoms with Gasteiger partial charge in [-0.1, -0.05) is 19.4 Å². The van der Waals surface area contributed by atoms with Crippen LogP contribution in [-0.4, -0.2) is 51.3 Å². The fourth-order valence-electron chi connectivity index (χ4n) is 2.21. The van der Waals surface area contributed by atoms with Gasteiger partial charge >= 0.3 is 0 Å². The van der Waals surface area contributed by atoms with Gasteiger partial charge in [-0.3, -0.25) is 4.90 Å². The molecular weight excluding hydrogens is 212 g/mol. The molecule has 0 aromatic carbocycles. The summed E-state index contributed by atoms with van der Waals surface area (Å²) in [6.07, 6.45) is 7.51. The Balaban J connectivity index is 1.98. The molecule has 0 unspecified atom stereocenters. The van der Waals surface area contributed by atoms with E-state index in [0.29, 0.717) is 0 Å². The molecular formula is C14H28N2O. The molecule has 1 rings (SSSR count). The van der Waals surface area contributed by atoms with Crippen LogP contribution in [0.3, 0.4) is 0 Å². The molecule has 17 heavy (non-hydrogen) atoms. The van der Waals surface area contributed by atoms with E-state index in [4.69, 9.17) is 4.74 Å². The Morgan fingerprint density at radius 1 is 1.35 bits per heavy atom. The van der Waals surface area contributed by atoms with Gasteiger partial charge in [-0.15, -0.1) is 0 Å². The molecule has 0 aromatic rings. The number of rotatable bonds is 9. The van der Waals surface area contributed by atoms with Crippen molar-refractivity contribution < 1.29 is 4.74 Å². The summed E-state index contributed by atoms with van der Waals surface area (Å²) in [4.78, 5) is 2.55. The molecule has 0 spiro atoms. The lowest BCUT2D eigenvalue weighted by molar-refractivity contribution is 0.211. The van der Waals surface area contributed by atoms with E-state index in [-0.39, 0.29) is 0 Å². The Hall–Kier alpha value is -0.380. The first-order chi connectivity index (χ1) is 8.36. The van der Waals surface area contributed by atoms with Gasteiger partial charge in [0.15, 0.2) is 0 Å². The van der Waals surface area contributed by atoms with Gasteiger partial charge in [0, 0.05) is 20.2 Å². The molecule has 1 aliphatic rings. The zero-order valence-electron chi connectivity index (χ0n) is 11.5. The standard InChI is InChI=1S/C14H28N2O/c1-3-15-9-5-4-6-10-16-11-7-14(8-12-16)13-17-2/h7,15H,3-6,8-13H2,1-2H3. The average molecular weight is 240 g/mol. The molecule has 1 heterocycles. The van der Waals surface area contributed by atoms with Gasteiger partial charge in [0.1, 0.15) is 0 Å². The van der Waals surface area contributed by atoms with Crippen molar-refractivity contribution in [2.24, 2.45) is 0 Å². The van der Waals surface area contributed by atoms with Gasteiger partial charge in [0.25, 0.3) is 0 Å². The fourth-order valence-corrected chi connectivity index (χ4v) is 2.21. The third-order valence-corrected chi connectivity index (χ3v) is 3.29. The van der Waals surface area contributed by atoms with E-state index in [9.17, 15) is 0 Å². The minimum atomic E-state index is 0.816. The minimum Gasteiger partial charge on any atom is -0.380 e. The first kappa shape index (κ1) is 14.7. The Morgan fingerprint density at radius 2 is 2.24 bits per heavy atom. The monoisotopic (exact) mass is 240 g/mol. The lowest BCUT2D eigenvalue weighted by atomic mass is 10.1. The third kappa shape index (κ3) is 6.81. The van der Waals surface area contributed by atoms with Gasteiger partial charge in [-0.25, -0.2) is 0 Å². The molecule has 0 atom stereocenters. The van der Waals surface area contributed by atoms with Crippen LogP contribution in [-0.2, 0) is 4.74 Å². The van der Waals surface area contributed by atoms with Gasteiger partial charge in [0.2, 0.25) is 0 Å². The Bertz CT molecular complexity index is 216. The van der Waals surface area contributed by atoms with Crippen molar-refractivity contribution in [1.82, 2.24) is 10.2 Å². The third-order valence-electron chi connectivity index (χ3n) is 3.29. The molecule has 0 saturated carbocycles. The average Bonchev–Trinajstić information content (AvgIpc) is 2.36. The molecule has 0 radical (unpaired) electrons. The fraction of sp³-hybridized carbons (Fsp3) is 0.857. The first-order valence-electron chi connectivity index (χ1n) is 6.96. The molecule has 100 valence electrons. The Kier molecular flexibility index (Phi) is 8.32. The maximum absolute atomic E-state index is 5.16. The highest BCUT2D eigenvalue weighted by atomic mass is 16.5. The number of nitrogens with zero attached hydrogens (tertiary/aromatic N) is 1. The summed E-state index contributed by atoms with van der Waals surface area (Å²) in [5.74, 6) is 0. The lowest BCUT2D eigenvalue weighted by Crippen LogP contribution is -2.30. The van der Waals surface area contributed by atoms with E-state index in [1.165, 1.54) is 50.9 Å². The zero-order valence-corrected chi connectivity index (χ0v) is 11.5. The first-order valence-corrected chi connectivity index (χ1v) is 6.96. The van der Waals surface area contributed by atoms with Crippen LogP contribution in [0.2, 0.25) is 0 Å². The summed E-state index contributed by atoms with van der Waals surface area (Å²) in [5, 5.41) is 3.37. The predicted molar refractivity (Wildman–Crippen MR) is 73.4 cm³/mol. The summed E-state index contributed by atoms with van der Waals surface area (Å²) in [5.41, 5.74) is 1.47. The molecule has 1 aliphatic heterocycles. The van der Waals surface area contributed by atoms with E-state index in [0.717, 1.165) is 19.7 Å². The highest BCUT2D eigenvalue weighted by Crippen LogP contribution is 2.11. The minimum absolute atomic E-state index is 0.816. The van der Waals surface area contributed by atoms with Crippen LogP contribution < -0.4 is 5.32 Å². The van der Waals surface area contributed by atoms with Crippen LogP contribution >= 0.6 is 0 Å². The van der Waals surface area contributed by atoms with Crippen LogP contribution in [0.15, 0.2) is 11.6 Å². The van der Waals surface area contributed by atoms with Crippen molar-refractivity contribution >= 4 is 0 Å². The predicted octanol–water partition coefficient (Wildman–Crippen LogP) is 2.04. The van der Waals surface area contributed by atoms with Gasteiger partial charge in [-0.05, 0) is 44.5 Å². The van der Waals surface area contributed by atoms with E-state index < -0.39 is 0 Å². The second kappa shape index (κ2) is 9.63. The quantitative estimate of drug-likeness (QED) is 0.493. The number of ether oxygens (including phenoxy) is 1. The maximum Gasteiger partial charge on any atom is 0.0673 e. The molecule has 3 heteroatoms. The molecule has 1 N–H and O–H groups in total. The number of nitrogens with one attached hydrogen (secondary N) is 1. The SMILES string of the molecule is CCNCCCCCN1CC=C(COC)CC1. The van der Waals surface area contributed by atoms with Crippen molar-refractivity contribution in [2.45, 2.75) is 32.6 Å². The van der Waals surface area contributed by atoms with Gasteiger partial charge in [0.05, 0.1) is 6.61 Å². The van der Waals surface area contributed by atoms with Gasteiger partial charge in [-0.2, -0.15) is 0 Å². The zero-order chi connectivity index (χ0) is 12.3. The second-order valence-electron chi connectivity index (χ2n) is 4.76. The highest BCUT2D eigenvalue weighted by molar-refractivity contribution is 5.07. The number of unbranched alkanes of at least 4 members (excludes halogenated alkanes) is 2. The largest absolute Gasteiger partial charge is 0.380 e. The van der Waals surface area contributed by atoms with E-state index in [1.807, 2.05) is 0 Å². The van der Waals surface area contributed by atoms with Crippen molar-refractivity contribution in [1.29, 1.82) is 0 Å². The maximum atomic E-state index is 5.16. The van der Waals surface area contributed by atoms with E-state index in [2.05, 4.69) is 23.2 Å². The topological polar surface area (TPSA) is 24.5 Å². The van der Waals surface area contributed by atoms with Gasteiger partial charge < -0.3 is 10.1 Å². The van der Waals surface area contributed by atoms with Crippen LogP contribution in [0.25, 0.3) is 0 Å². The summed E-state index contributed by atoms with van der Waals surface area (Å²) in [7, 11) is 1.78. The van der Waals surface area contributed by atoms with Crippen molar-refractivity contribution in [3.63, 3.8) is 0 Å². The number of hydrogen-bond donors (Lipinski definition) is 1. The Morgan fingerprint density at radius 3 is 2.88 bits per heavy atom. The summed E-state index contributed by atoms with van der Waals surface area (Å²) >= 11 is 0. The van der Waals surface area contributed by atoms with Crippen LogP contribution in [0.4, 0.5) is 0 Å². The van der Waals surface area contributed by atoms with E-state index >= 15 is 0 Å². The smallest absolute Gasteiger partial charge is 0.0673 e. The lowest BCUT2D eigenvalue weighted by Gasteiger charge is -2.26. The molecule has 0 bridgehead atoms. The van der Waals surface area contributed by atoms with Crippen LogP contribution in [0.5, 0.6) is 0 Å². The number of methoxy groups -OCH3 is 1. The Labute approximate surface area is 106 Å². The normalized spacial score (nSPS) is 17.2. The molecule has 0 amide bonds. The molecule has 3 nitrogen and oxygen atoms in total. The highest BCUT2D eigenvalue weighted by Gasteiger charge is 2.10. The van der Waals surface area contributed by atoms with Crippen molar-refractivity contribution in [3.8, 4) is 0 Å². The molecule has 0 fully saturated rings. The van der Waals surface area contributed by atoms with Crippen LogP contribution in [0, 0.1) is 0 Å². The molecule has 0 aromatic heterocycles. The summed E-state index contributed by atoms with van der Waals surface area (Å²) < 4.78 is 5.16. The second-order valence-corrected chi connectivity index (χ2v) is 4.76. The summed E-state index contributed by atoms with van der Waals surface area (Å²) in [6.45, 7) is 8.83. The molecule has 0 aliphatic carbocycles. The van der Waals surface area contributed by atoms with Crippen molar-refractivity contribution in [2.75, 3.05) is 46.4 Å².